The first-order valence-electron chi connectivity index (χ1n) is 6.24. The maximum absolute atomic E-state index is 11.0. The molecule has 0 radical (unpaired) electrons. The molecule has 0 aromatic heterocycles. The molecule has 0 aliphatic carbocycles. The summed E-state index contributed by atoms with van der Waals surface area (Å²) in [4.78, 5) is 21.2. The SMILES string of the molecule is Cc1ccc(Nc2ccc(C(=O)O)c([N+](=O)[O-])c2)c(C)c1. The van der Waals surface area contributed by atoms with Crippen molar-refractivity contribution >= 4 is 23.0 Å². The van der Waals surface area contributed by atoms with Gasteiger partial charge in [-0.25, -0.2) is 4.79 Å². The fourth-order valence-electron chi connectivity index (χ4n) is 2.05. The second-order valence-electron chi connectivity index (χ2n) is 4.74. The highest BCUT2D eigenvalue weighted by atomic mass is 16.6. The largest absolute Gasteiger partial charge is 0.477 e. The van der Waals surface area contributed by atoms with E-state index in [1.807, 2.05) is 32.0 Å². The lowest BCUT2D eigenvalue weighted by Gasteiger charge is -2.10. The number of rotatable bonds is 4. The second-order valence-corrected chi connectivity index (χ2v) is 4.74. The first-order chi connectivity index (χ1) is 9.88. The van der Waals surface area contributed by atoms with Gasteiger partial charge in [0.05, 0.1) is 4.92 Å². The van der Waals surface area contributed by atoms with Crippen LogP contribution in [-0.2, 0) is 0 Å². The minimum absolute atomic E-state index is 0.328. The van der Waals surface area contributed by atoms with Crippen LogP contribution < -0.4 is 5.32 Å². The van der Waals surface area contributed by atoms with E-state index in [4.69, 9.17) is 5.11 Å². The highest BCUT2D eigenvalue weighted by molar-refractivity contribution is 5.93. The van der Waals surface area contributed by atoms with Crippen LogP contribution in [0, 0.1) is 24.0 Å². The maximum Gasteiger partial charge on any atom is 0.342 e. The van der Waals surface area contributed by atoms with Crippen LogP contribution in [0.5, 0.6) is 0 Å². The van der Waals surface area contributed by atoms with Crippen LogP contribution in [0.15, 0.2) is 36.4 Å². The van der Waals surface area contributed by atoms with E-state index in [0.29, 0.717) is 5.69 Å². The third kappa shape index (κ3) is 3.17. The smallest absolute Gasteiger partial charge is 0.342 e. The van der Waals surface area contributed by atoms with Crippen molar-refractivity contribution < 1.29 is 14.8 Å². The van der Waals surface area contributed by atoms with Gasteiger partial charge in [-0.3, -0.25) is 10.1 Å². The van der Waals surface area contributed by atoms with Crippen molar-refractivity contribution in [1.82, 2.24) is 0 Å². The van der Waals surface area contributed by atoms with Gasteiger partial charge in [-0.15, -0.1) is 0 Å². The molecule has 0 heterocycles. The molecule has 2 rings (SSSR count). The van der Waals surface area contributed by atoms with Crippen LogP contribution in [0.2, 0.25) is 0 Å². The van der Waals surface area contributed by atoms with Crippen molar-refractivity contribution in [2.24, 2.45) is 0 Å². The predicted octanol–water partition coefficient (Wildman–Crippen LogP) is 3.65. The highest BCUT2D eigenvalue weighted by Gasteiger charge is 2.20. The van der Waals surface area contributed by atoms with Gasteiger partial charge >= 0.3 is 5.97 Å². The molecule has 21 heavy (non-hydrogen) atoms. The molecule has 0 atom stereocenters. The molecule has 2 aromatic carbocycles. The van der Waals surface area contributed by atoms with Crippen LogP contribution in [0.25, 0.3) is 0 Å². The number of nitrogens with one attached hydrogen (secondary N) is 1. The van der Waals surface area contributed by atoms with E-state index in [1.54, 1.807) is 0 Å². The van der Waals surface area contributed by atoms with Gasteiger partial charge in [-0.1, -0.05) is 17.7 Å². The zero-order chi connectivity index (χ0) is 15.6. The van der Waals surface area contributed by atoms with E-state index in [1.165, 1.54) is 18.2 Å². The molecule has 0 bridgehead atoms. The highest BCUT2D eigenvalue weighted by Crippen LogP contribution is 2.27. The number of carbonyl (C=O) groups is 1. The molecular weight excluding hydrogens is 272 g/mol. The molecule has 0 unspecified atom stereocenters. The molecule has 0 aliphatic rings. The Morgan fingerprint density at radius 1 is 1.19 bits per heavy atom. The minimum atomic E-state index is -1.32. The topological polar surface area (TPSA) is 92.5 Å². The Bertz CT molecular complexity index is 726. The van der Waals surface area contributed by atoms with E-state index in [-0.39, 0.29) is 5.56 Å². The van der Waals surface area contributed by atoms with Gasteiger partial charge in [0, 0.05) is 17.4 Å². The lowest BCUT2D eigenvalue weighted by Crippen LogP contribution is -2.03. The zero-order valence-electron chi connectivity index (χ0n) is 11.6. The summed E-state index contributed by atoms with van der Waals surface area (Å²) in [6, 6.07) is 9.75. The third-order valence-electron chi connectivity index (χ3n) is 3.09. The van der Waals surface area contributed by atoms with Crippen LogP contribution in [0.1, 0.15) is 21.5 Å². The molecule has 108 valence electrons. The first-order valence-corrected chi connectivity index (χ1v) is 6.24. The number of benzene rings is 2. The Kier molecular flexibility index (Phi) is 3.89. The molecule has 6 heteroatoms. The minimum Gasteiger partial charge on any atom is -0.477 e. The summed E-state index contributed by atoms with van der Waals surface area (Å²) in [7, 11) is 0. The number of hydrogen-bond acceptors (Lipinski definition) is 4. The number of aryl methyl sites for hydroxylation is 2. The Morgan fingerprint density at radius 2 is 1.90 bits per heavy atom. The van der Waals surface area contributed by atoms with E-state index in [2.05, 4.69) is 5.32 Å². The molecule has 2 aromatic rings. The number of carboxylic acids is 1. The lowest BCUT2D eigenvalue weighted by molar-refractivity contribution is -0.385. The van der Waals surface area contributed by atoms with Crippen molar-refractivity contribution in [2.45, 2.75) is 13.8 Å². The number of nitrogens with zero attached hydrogens (tertiary/aromatic N) is 1. The Balaban J connectivity index is 2.39. The third-order valence-corrected chi connectivity index (χ3v) is 3.09. The van der Waals surface area contributed by atoms with Crippen LogP contribution >= 0.6 is 0 Å². The molecule has 0 amide bonds. The summed E-state index contributed by atoms with van der Waals surface area (Å²) in [5.74, 6) is -1.32. The van der Waals surface area contributed by atoms with Crippen molar-refractivity contribution in [2.75, 3.05) is 5.32 Å². The zero-order valence-corrected chi connectivity index (χ0v) is 11.6. The van der Waals surface area contributed by atoms with Gasteiger partial charge in [-0.05, 0) is 37.6 Å². The van der Waals surface area contributed by atoms with Crippen LogP contribution in [0.4, 0.5) is 17.1 Å². The number of aromatic carboxylic acids is 1. The van der Waals surface area contributed by atoms with Crippen molar-refractivity contribution in [3.05, 3.63) is 63.2 Å². The van der Waals surface area contributed by atoms with E-state index in [9.17, 15) is 14.9 Å². The summed E-state index contributed by atoms with van der Waals surface area (Å²) in [6.45, 7) is 3.90. The predicted molar refractivity (Wildman–Crippen MR) is 79.3 cm³/mol. The molecule has 0 saturated carbocycles. The number of anilines is 2. The van der Waals surface area contributed by atoms with Gasteiger partial charge < -0.3 is 10.4 Å². The normalized spacial score (nSPS) is 10.2. The quantitative estimate of drug-likeness (QED) is 0.661. The second kappa shape index (κ2) is 5.62. The number of nitro benzene ring substituents is 1. The Morgan fingerprint density at radius 3 is 2.48 bits per heavy atom. The number of hydrogen-bond donors (Lipinski definition) is 2. The monoisotopic (exact) mass is 286 g/mol. The fraction of sp³-hybridized carbons (Fsp3) is 0.133. The first kappa shape index (κ1) is 14.5. The molecule has 6 nitrogen and oxygen atoms in total. The summed E-state index contributed by atoms with van der Waals surface area (Å²) < 4.78 is 0. The summed E-state index contributed by atoms with van der Waals surface area (Å²) in [6.07, 6.45) is 0. The van der Waals surface area contributed by atoms with Crippen molar-refractivity contribution in [3.63, 3.8) is 0 Å². The molecule has 0 fully saturated rings. The number of carboxylic acid groups (broad SMARTS) is 1. The van der Waals surface area contributed by atoms with E-state index < -0.39 is 16.6 Å². The molecule has 2 N–H and O–H groups in total. The fourth-order valence-corrected chi connectivity index (χ4v) is 2.05. The maximum atomic E-state index is 11.0. The van der Waals surface area contributed by atoms with Gasteiger partial charge in [-0.2, -0.15) is 0 Å². The molecule has 0 saturated heterocycles. The summed E-state index contributed by atoms with van der Waals surface area (Å²) >= 11 is 0. The van der Waals surface area contributed by atoms with Crippen molar-refractivity contribution in [1.29, 1.82) is 0 Å². The summed E-state index contributed by atoms with van der Waals surface area (Å²) in [5.41, 5.74) is 2.64. The molecule has 0 aliphatic heterocycles. The average molecular weight is 286 g/mol. The van der Waals surface area contributed by atoms with E-state index >= 15 is 0 Å². The van der Waals surface area contributed by atoms with Gasteiger partial charge in [0.15, 0.2) is 0 Å². The Labute approximate surface area is 121 Å². The standard InChI is InChI=1S/C15H14N2O4/c1-9-3-6-13(10(2)7-9)16-11-4-5-12(15(18)19)14(8-11)17(20)21/h3-8,16H,1-2H3,(H,18,19). The molecule has 0 spiro atoms. The lowest BCUT2D eigenvalue weighted by atomic mass is 10.1. The summed E-state index contributed by atoms with van der Waals surface area (Å²) in [5, 5.41) is 23.0. The van der Waals surface area contributed by atoms with Gasteiger partial charge in [0.1, 0.15) is 5.56 Å². The molecular formula is C15H14N2O4. The number of nitro groups is 1. The average Bonchev–Trinajstić information content (AvgIpc) is 2.41. The Hall–Kier alpha value is -2.89. The van der Waals surface area contributed by atoms with Gasteiger partial charge in [0.25, 0.3) is 5.69 Å². The van der Waals surface area contributed by atoms with Crippen LogP contribution in [-0.4, -0.2) is 16.0 Å². The van der Waals surface area contributed by atoms with E-state index in [0.717, 1.165) is 16.8 Å². The van der Waals surface area contributed by atoms with Crippen molar-refractivity contribution in [3.8, 4) is 0 Å². The van der Waals surface area contributed by atoms with Crippen LogP contribution in [0.3, 0.4) is 0 Å². The van der Waals surface area contributed by atoms with Gasteiger partial charge in [0.2, 0.25) is 0 Å².